The molecule has 0 fully saturated rings. The summed E-state index contributed by atoms with van der Waals surface area (Å²) >= 11 is 7.01. The molecule has 2 nitrogen and oxygen atoms in total. The molecule has 0 heterocycles. The number of halogens is 9. The topological polar surface area (TPSA) is 20.3 Å². The molecule has 1 amide bonds. The van der Waals surface area contributed by atoms with E-state index < -0.39 is 23.6 Å². The second-order valence-electron chi connectivity index (χ2n) is 4.73. The minimum atomic E-state index is -6.21. The Morgan fingerprint density at radius 2 is 1.48 bits per heavy atom. The van der Waals surface area contributed by atoms with Gasteiger partial charge in [-0.25, -0.2) is 4.39 Å². The van der Waals surface area contributed by atoms with Crippen LogP contribution in [0.2, 0.25) is 0 Å². The molecule has 0 bridgehead atoms. The Bertz CT molecular complexity index is 599. The van der Waals surface area contributed by atoms with Crippen molar-refractivity contribution in [2.45, 2.75) is 18.0 Å². The number of hydrogen-bond acceptors (Lipinski definition) is 2. The zero-order valence-corrected chi connectivity index (χ0v) is 16.3. The van der Waals surface area contributed by atoms with Gasteiger partial charge in [-0.2, -0.15) is 38.1 Å². The number of hydrogen-bond donors (Lipinski definition) is 0. The Morgan fingerprint density at radius 3 is 1.80 bits per heavy atom. The van der Waals surface area contributed by atoms with Crippen molar-refractivity contribution in [3.8, 4) is 0 Å². The van der Waals surface area contributed by atoms with Crippen molar-refractivity contribution in [1.82, 2.24) is 0 Å². The number of amides is 1. The molecule has 25 heavy (non-hydrogen) atoms. The van der Waals surface area contributed by atoms with E-state index in [0.717, 1.165) is 4.90 Å². The molecule has 0 aliphatic carbocycles. The highest BCUT2D eigenvalue weighted by Gasteiger charge is 2.73. The molecule has 0 unspecified atom stereocenters. The van der Waals surface area contributed by atoms with Gasteiger partial charge in [0, 0.05) is 26.8 Å². The molecule has 1 aromatic rings. The summed E-state index contributed by atoms with van der Waals surface area (Å²) in [7, 11) is 0. The number of rotatable bonds is 6. The molecular weight excluding hydrogens is 511 g/mol. The third-order valence-electron chi connectivity index (χ3n) is 3.15. The van der Waals surface area contributed by atoms with Gasteiger partial charge < -0.3 is 4.90 Å². The molecule has 0 N–H and O–H groups in total. The minimum absolute atomic E-state index is 0.000464. The van der Waals surface area contributed by atoms with Crippen molar-refractivity contribution >= 4 is 55.7 Å². The van der Waals surface area contributed by atoms with Crippen LogP contribution in [0.1, 0.15) is 5.56 Å². The number of alkyl halides is 7. The van der Waals surface area contributed by atoms with Crippen molar-refractivity contribution in [3.63, 3.8) is 0 Å². The zero-order chi connectivity index (χ0) is 19.6. The summed E-state index contributed by atoms with van der Waals surface area (Å²) in [5, 5.41) is 0. The summed E-state index contributed by atoms with van der Waals surface area (Å²) < 4.78 is 90.6. The highest BCUT2D eigenvalue weighted by atomic mass is 79.9. The molecular formula is C13H10Br2F7NOS. The molecule has 1 aromatic carbocycles. The highest BCUT2D eigenvalue weighted by Crippen LogP contribution is 2.54. The van der Waals surface area contributed by atoms with Crippen LogP contribution in [0.4, 0.5) is 36.4 Å². The zero-order valence-electron chi connectivity index (χ0n) is 12.3. The van der Waals surface area contributed by atoms with E-state index in [1.165, 1.54) is 11.8 Å². The summed E-state index contributed by atoms with van der Waals surface area (Å²) in [5.41, 5.74) is -7.19. The predicted octanol–water partition coefficient (Wildman–Crippen LogP) is 5.83. The van der Waals surface area contributed by atoms with Gasteiger partial charge in [0.2, 0.25) is 6.41 Å². The van der Waals surface area contributed by atoms with E-state index >= 15 is 0 Å². The maximum Gasteiger partial charge on any atom is 0.435 e. The fourth-order valence-electron chi connectivity index (χ4n) is 1.93. The third kappa shape index (κ3) is 4.44. The smallest absolute Gasteiger partial charge is 0.312 e. The van der Waals surface area contributed by atoms with Crippen LogP contribution in [0, 0.1) is 0 Å². The van der Waals surface area contributed by atoms with E-state index in [2.05, 4.69) is 31.9 Å². The lowest BCUT2D eigenvalue weighted by atomic mass is 9.94. The maximum atomic E-state index is 14.1. The van der Waals surface area contributed by atoms with Gasteiger partial charge in [0.25, 0.3) is 0 Å². The van der Waals surface area contributed by atoms with E-state index in [-0.39, 0.29) is 21.2 Å². The van der Waals surface area contributed by atoms with E-state index in [9.17, 15) is 35.5 Å². The lowest BCUT2D eigenvalue weighted by Crippen LogP contribution is -2.50. The first-order valence-electron chi connectivity index (χ1n) is 6.34. The number of carbonyl (C=O) groups is 1. The second-order valence-corrected chi connectivity index (χ2v) is 7.43. The average molecular weight is 521 g/mol. The molecule has 12 heteroatoms. The first-order chi connectivity index (χ1) is 11.3. The van der Waals surface area contributed by atoms with E-state index in [0.29, 0.717) is 24.3 Å². The van der Waals surface area contributed by atoms with Crippen molar-refractivity contribution in [2.75, 3.05) is 23.5 Å². The van der Waals surface area contributed by atoms with Crippen molar-refractivity contribution in [2.24, 2.45) is 0 Å². The monoisotopic (exact) mass is 519 g/mol. The number of benzene rings is 1. The second kappa shape index (κ2) is 8.03. The fourth-order valence-corrected chi connectivity index (χ4v) is 3.95. The largest absolute Gasteiger partial charge is 0.435 e. The van der Waals surface area contributed by atoms with Gasteiger partial charge in [-0.15, -0.1) is 0 Å². The van der Waals surface area contributed by atoms with Gasteiger partial charge in [-0.1, -0.05) is 0 Å². The molecule has 1 rings (SSSR count). The minimum Gasteiger partial charge on any atom is -0.312 e. The Kier molecular flexibility index (Phi) is 7.25. The van der Waals surface area contributed by atoms with Crippen molar-refractivity contribution < 1.29 is 35.5 Å². The summed E-state index contributed by atoms with van der Waals surface area (Å²) in [6.45, 7) is 0.153. The number of thioether (sulfide) groups is 1. The lowest BCUT2D eigenvalue weighted by Gasteiger charge is -2.31. The summed E-state index contributed by atoms with van der Waals surface area (Å²) in [6.07, 6.45) is -10.3. The molecule has 0 saturated carbocycles. The average Bonchev–Trinajstić information content (AvgIpc) is 2.46. The van der Waals surface area contributed by atoms with E-state index in [1.807, 2.05) is 0 Å². The van der Waals surface area contributed by atoms with Crippen LogP contribution in [-0.4, -0.2) is 37.3 Å². The molecule has 142 valence electrons. The third-order valence-corrected chi connectivity index (χ3v) is 4.95. The van der Waals surface area contributed by atoms with Crippen LogP contribution in [0.3, 0.4) is 0 Å². The quantitative estimate of drug-likeness (QED) is 0.347. The molecule has 0 aliphatic heterocycles. The standard InChI is InChI=1S/C13H10Br2F7NOS/c1-25-3-2-23(6-24)10-8(14)4-7(5-9(10)15)11(16,12(17,18)19)13(20,21)22/h4-6H,2-3H2,1H3. The van der Waals surface area contributed by atoms with Gasteiger partial charge in [0.1, 0.15) is 0 Å². The van der Waals surface area contributed by atoms with Crippen LogP contribution in [0.15, 0.2) is 21.1 Å². The molecule has 0 saturated heterocycles. The molecule has 0 spiro atoms. The first kappa shape index (κ1) is 22.6. The fraction of sp³-hybridized carbons (Fsp3) is 0.462. The van der Waals surface area contributed by atoms with Gasteiger partial charge >= 0.3 is 18.0 Å². The van der Waals surface area contributed by atoms with Crippen molar-refractivity contribution in [1.29, 1.82) is 0 Å². The number of anilines is 1. The van der Waals surface area contributed by atoms with Crippen LogP contribution >= 0.6 is 43.6 Å². The Balaban J connectivity index is 3.54. The Morgan fingerprint density at radius 1 is 1.04 bits per heavy atom. The van der Waals surface area contributed by atoms with Gasteiger partial charge in [-0.3, -0.25) is 4.79 Å². The molecule has 0 aliphatic rings. The normalized spacial score (nSPS) is 13.0. The highest BCUT2D eigenvalue weighted by molar-refractivity contribution is 9.11. The molecule has 0 aromatic heterocycles. The van der Waals surface area contributed by atoms with E-state index in [4.69, 9.17) is 0 Å². The SMILES string of the molecule is CSCCN(C=O)c1c(Br)cc(C(F)(C(F)(F)F)C(F)(F)F)cc1Br. The van der Waals surface area contributed by atoms with Gasteiger partial charge in [0.15, 0.2) is 0 Å². The number of carbonyl (C=O) groups excluding carboxylic acids is 1. The van der Waals surface area contributed by atoms with Crippen LogP contribution in [-0.2, 0) is 10.5 Å². The first-order valence-corrected chi connectivity index (χ1v) is 9.32. The molecule has 0 atom stereocenters. The summed E-state index contributed by atoms with van der Waals surface area (Å²) in [4.78, 5) is 12.2. The Labute approximate surface area is 159 Å². The van der Waals surface area contributed by atoms with Crippen LogP contribution < -0.4 is 4.90 Å². The Hall–Kier alpha value is -0.490. The number of nitrogens with zero attached hydrogens (tertiary/aromatic N) is 1. The van der Waals surface area contributed by atoms with E-state index in [1.54, 1.807) is 6.26 Å². The van der Waals surface area contributed by atoms with Gasteiger partial charge in [-0.05, 0) is 50.2 Å². The summed E-state index contributed by atoms with van der Waals surface area (Å²) in [5.74, 6) is 0.470. The lowest BCUT2D eigenvalue weighted by molar-refractivity contribution is -0.348. The van der Waals surface area contributed by atoms with Crippen LogP contribution in [0.5, 0.6) is 0 Å². The predicted molar refractivity (Wildman–Crippen MR) is 88.5 cm³/mol. The van der Waals surface area contributed by atoms with Crippen molar-refractivity contribution in [3.05, 3.63) is 26.6 Å². The summed E-state index contributed by atoms with van der Waals surface area (Å²) in [6, 6.07) is 0.743. The maximum absolute atomic E-state index is 14.1. The molecule has 0 radical (unpaired) electrons. The van der Waals surface area contributed by atoms with Crippen LogP contribution in [0.25, 0.3) is 0 Å². The van der Waals surface area contributed by atoms with Gasteiger partial charge in [0.05, 0.1) is 5.69 Å².